The van der Waals surface area contributed by atoms with Gasteiger partial charge in [0.2, 0.25) is 5.88 Å². The van der Waals surface area contributed by atoms with E-state index in [4.69, 9.17) is 14.0 Å². The van der Waals surface area contributed by atoms with Crippen molar-refractivity contribution in [2.24, 2.45) is 0 Å². The van der Waals surface area contributed by atoms with Crippen LogP contribution in [0.25, 0.3) is 0 Å². The van der Waals surface area contributed by atoms with Crippen molar-refractivity contribution in [3.05, 3.63) is 17.8 Å². The Kier molecular flexibility index (Phi) is 3.74. The van der Waals surface area contributed by atoms with Crippen molar-refractivity contribution in [1.29, 1.82) is 0 Å². The molecular weight excluding hydrogens is 286 g/mol. The molecule has 2 rings (SSSR count). The highest BCUT2D eigenvalue weighted by molar-refractivity contribution is 6.63. The predicted molar refractivity (Wildman–Crippen MR) is 71.5 cm³/mol. The van der Waals surface area contributed by atoms with Crippen LogP contribution in [0.1, 0.15) is 33.3 Å². The Balaban J connectivity index is 2.44. The Labute approximate surface area is 121 Å². The number of aromatic nitrogens is 1. The standard InChI is InChI=1S/C13H17BF3NO3/c1-11(2)12(3,4)21-14(20-11)9-6-8(13(15,16)17)7-18-10(9)19-5/h6-7H,1-5H3. The number of pyridine rings is 1. The van der Waals surface area contributed by atoms with Crippen LogP contribution in [0.5, 0.6) is 5.88 Å². The van der Waals surface area contributed by atoms with E-state index in [9.17, 15) is 13.2 Å². The summed E-state index contributed by atoms with van der Waals surface area (Å²) in [6.07, 6.45) is -3.76. The van der Waals surface area contributed by atoms with Crippen molar-refractivity contribution in [1.82, 2.24) is 4.98 Å². The molecule has 1 saturated heterocycles. The number of nitrogens with zero attached hydrogens (tertiary/aromatic N) is 1. The maximum absolute atomic E-state index is 12.8. The zero-order valence-corrected chi connectivity index (χ0v) is 12.5. The zero-order chi connectivity index (χ0) is 16.1. The largest absolute Gasteiger partial charge is 0.500 e. The number of hydrogen-bond donors (Lipinski definition) is 0. The molecule has 0 aliphatic carbocycles. The lowest BCUT2D eigenvalue weighted by Gasteiger charge is -2.32. The number of methoxy groups -OCH3 is 1. The molecule has 1 aromatic heterocycles. The van der Waals surface area contributed by atoms with Crippen LogP contribution >= 0.6 is 0 Å². The highest BCUT2D eigenvalue weighted by atomic mass is 19.4. The molecule has 0 unspecified atom stereocenters. The van der Waals surface area contributed by atoms with Crippen molar-refractivity contribution >= 4 is 12.6 Å². The number of rotatable bonds is 2. The maximum Gasteiger partial charge on any atom is 0.500 e. The Morgan fingerprint density at radius 3 is 2.10 bits per heavy atom. The molecule has 1 aliphatic rings. The second-order valence-electron chi connectivity index (χ2n) is 5.91. The Morgan fingerprint density at radius 2 is 1.67 bits per heavy atom. The number of halogens is 3. The molecule has 1 aliphatic heterocycles. The van der Waals surface area contributed by atoms with Gasteiger partial charge in [0.15, 0.2) is 0 Å². The fourth-order valence-electron chi connectivity index (χ4n) is 1.93. The van der Waals surface area contributed by atoms with E-state index in [2.05, 4.69) is 4.98 Å². The van der Waals surface area contributed by atoms with Gasteiger partial charge in [0, 0.05) is 11.7 Å². The average Bonchev–Trinajstić information content (AvgIpc) is 2.56. The molecule has 0 spiro atoms. The van der Waals surface area contributed by atoms with Crippen molar-refractivity contribution in [2.45, 2.75) is 45.1 Å². The van der Waals surface area contributed by atoms with Gasteiger partial charge < -0.3 is 14.0 Å². The van der Waals surface area contributed by atoms with Gasteiger partial charge in [0.25, 0.3) is 0 Å². The number of ether oxygens (including phenoxy) is 1. The molecule has 0 N–H and O–H groups in total. The van der Waals surface area contributed by atoms with Crippen LogP contribution in [-0.4, -0.2) is 30.4 Å². The summed E-state index contributed by atoms with van der Waals surface area (Å²) in [4.78, 5) is 3.70. The molecule has 0 radical (unpaired) electrons. The van der Waals surface area contributed by atoms with E-state index >= 15 is 0 Å². The second kappa shape index (κ2) is 4.88. The normalized spacial score (nSPS) is 20.7. The van der Waals surface area contributed by atoms with Gasteiger partial charge in [-0.3, -0.25) is 0 Å². The molecule has 116 valence electrons. The van der Waals surface area contributed by atoms with Crippen LogP contribution in [0.2, 0.25) is 0 Å². The predicted octanol–water partition coefficient (Wildman–Crippen LogP) is 2.41. The summed E-state index contributed by atoms with van der Waals surface area (Å²) < 4.78 is 55.0. The monoisotopic (exact) mass is 303 g/mol. The lowest BCUT2D eigenvalue weighted by molar-refractivity contribution is -0.137. The van der Waals surface area contributed by atoms with Crippen molar-refractivity contribution in [3.8, 4) is 5.88 Å². The Bertz CT molecular complexity index is 530. The topological polar surface area (TPSA) is 40.6 Å². The molecule has 21 heavy (non-hydrogen) atoms. The van der Waals surface area contributed by atoms with E-state index in [1.165, 1.54) is 7.11 Å². The molecule has 4 nitrogen and oxygen atoms in total. The highest BCUT2D eigenvalue weighted by Gasteiger charge is 2.53. The second-order valence-corrected chi connectivity index (χ2v) is 5.91. The SMILES string of the molecule is COc1ncc(C(F)(F)F)cc1B1OC(C)(C)C(C)(C)O1. The fraction of sp³-hybridized carbons (Fsp3) is 0.615. The summed E-state index contributed by atoms with van der Waals surface area (Å²) >= 11 is 0. The van der Waals surface area contributed by atoms with E-state index in [0.29, 0.717) is 0 Å². The van der Waals surface area contributed by atoms with Gasteiger partial charge in [0.1, 0.15) is 0 Å². The number of hydrogen-bond acceptors (Lipinski definition) is 4. The molecule has 0 bridgehead atoms. The summed E-state index contributed by atoms with van der Waals surface area (Å²) in [6, 6.07) is 0.952. The summed E-state index contributed by atoms with van der Waals surface area (Å²) in [5.41, 5.74) is -2.05. The molecule has 1 fully saturated rings. The minimum absolute atomic E-state index is 0.0569. The first-order valence-electron chi connectivity index (χ1n) is 6.45. The Hall–Kier alpha value is -1.28. The van der Waals surface area contributed by atoms with Crippen LogP contribution in [-0.2, 0) is 15.5 Å². The van der Waals surface area contributed by atoms with Crippen molar-refractivity contribution in [3.63, 3.8) is 0 Å². The van der Waals surface area contributed by atoms with Crippen LogP contribution in [0.15, 0.2) is 12.3 Å². The van der Waals surface area contributed by atoms with Crippen molar-refractivity contribution < 1.29 is 27.2 Å². The van der Waals surface area contributed by atoms with E-state index < -0.39 is 30.1 Å². The first-order chi connectivity index (χ1) is 9.48. The third-order valence-corrected chi connectivity index (χ3v) is 3.91. The summed E-state index contributed by atoms with van der Waals surface area (Å²) in [5, 5.41) is 0. The van der Waals surface area contributed by atoms with E-state index in [0.717, 1.165) is 12.3 Å². The molecular formula is C13H17BF3NO3. The quantitative estimate of drug-likeness (QED) is 0.787. The lowest BCUT2D eigenvalue weighted by atomic mass is 9.79. The highest BCUT2D eigenvalue weighted by Crippen LogP contribution is 2.37. The van der Waals surface area contributed by atoms with Gasteiger partial charge in [0.05, 0.1) is 23.9 Å². The molecule has 0 atom stereocenters. The smallest absolute Gasteiger partial charge is 0.481 e. The van der Waals surface area contributed by atoms with Crippen LogP contribution in [0.3, 0.4) is 0 Å². The fourth-order valence-corrected chi connectivity index (χ4v) is 1.93. The Morgan fingerprint density at radius 1 is 1.14 bits per heavy atom. The summed E-state index contributed by atoms with van der Waals surface area (Å²) in [5.74, 6) is 0.0569. The van der Waals surface area contributed by atoms with E-state index in [1.807, 2.05) is 27.7 Å². The van der Waals surface area contributed by atoms with Gasteiger partial charge >= 0.3 is 13.3 Å². The zero-order valence-electron chi connectivity index (χ0n) is 12.5. The van der Waals surface area contributed by atoms with Gasteiger partial charge in [-0.1, -0.05) is 0 Å². The van der Waals surface area contributed by atoms with Crippen LogP contribution in [0.4, 0.5) is 13.2 Å². The minimum Gasteiger partial charge on any atom is -0.481 e. The minimum atomic E-state index is -4.49. The first-order valence-corrected chi connectivity index (χ1v) is 6.45. The van der Waals surface area contributed by atoms with Gasteiger partial charge in [-0.15, -0.1) is 0 Å². The molecule has 0 saturated carbocycles. The van der Waals surface area contributed by atoms with Crippen LogP contribution in [0, 0.1) is 0 Å². The molecule has 1 aromatic rings. The van der Waals surface area contributed by atoms with E-state index in [-0.39, 0.29) is 11.3 Å². The third-order valence-electron chi connectivity index (χ3n) is 3.91. The van der Waals surface area contributed by atoms with Gasteiger partial charge in [-0.2, -0.15) is 13.2 Å². The lowest BCUT2D eigenvalue weighted by Crippen LogP contribution is -2.41. The van der Waals surface area contributed by atoms with Crippen molar-refractivity contribution in [2.75, 3.05) is 7.11 Å². The van der Waals surface area contributed by atoms with E-state index in [1.54, 1.807) is 0 Å². The van der Waals surface area contributed by atoms with Gasteiger partial charge in [-0.05, 0) is 33.8 Å². The summed E-state index contributed by atoms with van der Waals surface area (Å²) in [7, 11) is 0.379. The average molecular weight is 303 g/mol. The van der Waals surface area contributed by atoms with Crippen LogP contribution < -0.4 is 10.2 Å². The molecule has 2 heterocycles. The molecule has 0 amide bonds. The number of alkyl halides is 3. The molecule has 0 aromatic carbocycles. The third kappa shape index (κ3) is 2.87. The first kappa shape index (κ1) is 16.1. The molecule has 8 heteroatoms. The maximum atomic E-state index is 12.8. The van der Waals surface area contributed by atoms with Gasteiger partial charge in [-0.25, -0.2) is 4.98 Å². The summed E-state index contributed by atoms with van der Waals surface area (Å²) in [6.45, 7) is 7.28.